The summed E-state index contributed by atoms with van der Waals surface area (Å²) in [6, 6.07) is 15.0. The molecule has 0 radical (unpaired) electrons. The summed E-state index contributed by atoms with van der Waals surface area (Å²) in [6.45, 7) is 4.35. The molecular formula is C16H19O2P. The highest BCUT2D eigenvalue weighted by Crippen LogP contribution is 2.45. The van der Waals surface area contributed by atoms with Crippen LogP contribution in [0.25, 0.3) is 0 Å². The minimum Gasteiger partial charge on any atom is -0.508 e. The normalized spacial score (nSPS) is 14.6. The highest BCUT2D eigenvalue weighted by Gasteiger charge is 2.26. The van der Waals surface area contributed by atoms with Crippen LogP contribution in [0.15, 0.2) is 48.5 Å². The zero-order valence-electron chi connectivity index (χ0n) is 11.2. The molecule has 0 heterocycles. The van der Waals surface area contributed by atoms with Crippen LogP contribution in [0.4, 0.5) is 0 Å². The molecule has 0 aliphatic carbocycles. The zero-order valence-corrected chi connectivity index (χ0v) is 12.2. The van der Waals surface area contributed by atoms with E-state index in [-0.39, 0.29) is 16.7 Å². The Bertz CT molecular complexity index is 554. The van der Waals surface area contributed by atoms with Crippen molar-refractivity contribution in [2.24, 2.45) is 0 Å². The van der Waals surface area contributed by atoms with Gasteiger partial charge in [0.2, 0.25) is 0 Å². The first-order valence-electron chi connectivity index (χ1n) is 6.41. The molecule has 0 spiro atoms. The predicted octanol–water partition coefficient (Wildman–Crippen LogP) is 3.73. The van der Waals surface area contributed by atoms with Crippen LogP contribution in [0.5, 0.6) is 11.5 Å². The lowest BCUT2D eigenvalue weighted by Gasteiger charge is -2.29. The molecule has 3 heteroatoms. The van der Waals surface area contributed by atoms with Gasteiger partial charge in [-0.15, -0.1) is 0 Å². The lowest BCUT2D eigenvalue weighted by atomic mass is 9.98. The number of benzene rings is 2. The van der Waals surface area contributed by atoms with Gasteiger partial charge < -0.3 is 10.2 Å². The summed E-state index contributed by atoms with van der Waals surface area (Å²) in [5, 5.41) is 20.3. The Balaban J connectivity index is 2.36. The second-order valence-electron chi connectivity index (χ2n) is 4.88. The SMILES string of the molecule is CCC(C)(Pc1cc(O)ccc1O)c1ccccc1. The van der Waals surface area contributed by atoms with Crippen LogP contribution in [0.1, 0.15) is 25.8 Å². The molecule has 2 aromatic rings. The maximum Gasteiger partial charge on any atom is 0.123 e. The van der Waals surface area contributed by atoms with Gasteiger partial charge >= 0.3 is 0 Å². The van der Waals surface area contributed by atoms with E-state index >= 15 is 0 Å². The Morgan fingerprint density at radius 1 is 1.05 bits per heavy atom. The number of phenolic OH excluding ortho intramolecular Hbond substituents is 2. The average molecular weight is 274 g/mol. The first-order valence-corrected chi connectivity index (χ1v) is 7.41. The molecule has 2 unspecified atom stereocenters. The van der Waals surface area contributed by atoms with Crippen LogP contribution in [0, 0.1) is 0 Å². The number of hydrogen-bond acceptors (Lipinski definition) is 2. The summed E-state index contributed by atoms with van der Waals surface area (Å²) < 4.78 is 0. The van der Waals surface area contributed by atoms with E-state index in [1.54, 1.807) is 12.1 Å². The van der Waals surface area contributed by atoms with Gasteiger partial charge in [0.1, 0.15) is 11.5 Å². The second-order valence-corrected chi connectivity index (χ2v) is 6.77. The molecule has 0 aromatic heterocycles. The van der Waals surface area contributed by atoms with Crippen molar-refractivity contribution in [3.05, 3.63) is 54.1 Å². The minimum absolute atomic E-state index is 0.0213. The van der Waals surface area contributed by atoms with E-state index in [4.69, 9.17) is 0 Å². The van der Waals surface area contributed by atoms with Gasteiger partial charge in [0.15, 0.2) is 0 Å². The number of aromatic hydroxyl groups is 2. The van der Waals surface area contributed by atoms with Crippen molar-refractivity contribution in [3.63, 3.8) is 0 Å². The predicted molar refractivity (Wildman–Crippen MR) is 81.8 cm³/mol. The van der Waals surface area contributed by atoms with Crippen molar-refractivity contribution < 1.29 is 10.2 Å². The Morgan fingerprint density at radius 2 is 1.74 bits per heavy atom. The highest BCUT2D eigenvalue weighted by molar-refractivity contribution is 7.48. The molecular weight excluding hydrogens is 255 g/mol. The lowest BCUT2D eigenvalue weighted by Crippen LogP contribution is -2.18. The van der Waals surface area contributed by atoms with Crippen LogP contribution in [0.2, 0.25) is 0 Å². The van der Waals surface area contributed by atoms with Gasteiger partial charge in [0.25, 0.3) is 0 Å². The van der Waals surface area contributed by atoms with E-state index in [2.05, 4.69) is 26.0 Å². The Labute approximate surface area is 115 Å². The van der Waals surface area contributed by atoms with Crippen molar-refractivity contribution in [2.45, 2.75) is 25.4 Å². The molecule has 0 saturated heterocycles. The van der Waals surface area contributed by atoms with Crippen LogP contribution in [-0.4, -0.2) is 10.2 Å². The van der Waals surface area contributed by atoms with Gasteiger partial charge in [-0.2, -0.15) is 0 Å². The largest absolute Gasteiger partial charge is 0.508 e. The summed E-state index contributed by atoms with van der Waals surface area (Å²) in [7, 11) is 0.411. The smallest absolute Gasteiger partial charge is 0.123 e. The maximum absolute atomic E-state index is 9.94. The molecule has 2 rings (SSSR count). The summed E-state index contributed by atoms with van der Waals surface area (Å²) in [6.07, 6.45) is 0.977. The maximum atomic E-state index is 9.94. The van der Waals surface area contributed by atoms with E-state index in [9.17, 15) is 10.2 Å². The molecule has 2 aromatic carbocycles. The van der Waals surface area contributed by atoms with Gasteiger partial charge in [-0.3, -0.25) is 0 Å². The average Bonchev–Trinajstić information content (AvgIpc) is 2.44. The first kappa shape index (κ1) is 13.9. The summed E-state index contributed by atoms with van der Waals surface area (Å²) in [5.41, 5.74) is 1.26. The molecule has 0 saturated carbocycles. The second kappa shape index (κ2) is 5.63. The molecule has 2 atom stereocenters. The lowest BCUT2D eigenvalue weighted by molar-refractivity contribution is 0.463. The summed E-state index contributed by atoms with van der Waals surface area (Å²) in [4.78, 5) is 0. The van der Waals surface area contributed by atoms with Crippen molar-refractivity contribution >= 4 is 13.9 Å². The molecule has 0 bridgehead atoms. The molecule has 2 nitrogen and oxygen atoms in total. The van der Waals surface area contributed by atoms with Crippen molar-refractivity contribution in [2.75, 3.05) is 0 Å². The van der Waals surface area contributed by atoms with E-state index < -0.39 is 0 Å². The first-order chi connectivity index (χ1) is 9.05. The quantitative estimate of drug-likeness (QED) is 0.659. The van der Waals surface area contributed by atoms with E-state index in [1.165, 1.54) is 11.6 Å². The number of phenols is 2. The molecule has 0 amide bonds. The number of hydrogen-bond donors (Lipinski definition) is 2. The molecule has 100 valence electrons. The third-order valence-electron chi connectivity index (χ3n) is 3.51. The standard InChI is InChI=1S/C16H19O2P/c1-3-16(2,12-7-5-4-6-8-12)19-15-11-13(17)9-10-14(15)18/h4-11,17-19H,3H2,1-2H3. The van der Waals surface area contributed by atoms with Gasteiger partial charge in [-0.1, -0.05) is 52.8 Å². The topological polar surface area (TPSA) is 40.5 Å². The van der Waals surface area contributed by atoms with Crippen LogP contribution in [0.3, 0.4) is 0 Å². The Hall–Kier alpha value is -1.53. The Morgan fingerprint density at radius 3 is 2.37 bits per heavy atom. The Kier molecular flexibility index (Phi) is 4.11. The highest BCUT2D eigenvalue weighted by atomic mass is 31.1. The van der Waals surface area contributed by atoms with E-state index in [0.29, 0.717) is 8.58 Å². The van der Waals surface area contributed by atoms with Gasteiger partial charge in [0, 0.05) is 10.5 Å². The zero-order chi connectivity index (χ0) is 13.9. The van der Waals surface area contributed by atoms with Gasteiger partial charge in [-0.25, -0.2) is 0 Å². The number of rotatable bonds is 4. The summed E-state index contributed by atoms with van der Waals surface area (Å²) in [5.74, 6) is 0.457. The van der Waals surface area contributed by atoms with Crippen molar-refractivity contribution in [3.8, 4) is 11.5 Å². The van der Waals surface area contributed by atoms with Crippen LogP contribution >= 0.6 is 8.58 Å². The fourth-order valence-electron chi connectivity index (χ4n) is 2.09. The minimum atomic E-state index is -0.0213. The van der Waals surface area contributed by atoms with Crippen molar-refractivity contribution in [1.29, 1.82) is 0 Å². The van der Waals surface area contributed by atoms with Crippen LogP contribution < -0.4 is 5.30 Å². The molecule has 0 aliphatic heterocycles. The van der Waals surface area contributed by atoms with Gasteiger partial charge in [0.05, 0.1) is 0 Å². The van der Waals surface area contributed by atoms with Crippen LogP contribution in [-0.2, 0) is 5.16 Å². The fourth-order valence-corrected chi connectivity index (χ4v) is 3.61. The molecule has 0 aliphatic rings. The summed E-state index contributed by atoms with van der Waals surface area (Å²) >= 11 is 0. The van der Waals surface area contributed by atoms with Crippen molar-refractivity contribution in [1.82, 2.24) is 0 Å². The third kappa shape index (κ3) is 3.08. The van der Waals surface area contributed by atoms with E-state index in [0.717, 1.165) is 11.7 Å². The monoisotopic (exact) mass is 274 g/mol. The molecule has 2 N–H and O–H groups in total. The van der Waals surface area contributed by atoms with Gasteiger partial charge in [-0.05, 0) is 30.2 Å². The molecule has 19 heavy (non-hydrogen) atoms. The third-order valence-corrected chi connectivity index (χ3v) is 5.37. The van der Waals surface area contributed by atoms with E-state index in [1.807, 2.05) is 18.2 Å². The molecule has 0 fully saturated rings. The fraction of sp³-hybridized carbons (Fsp3) is 0.250.